The molecule has 0 aliphatic heterocycles. The van der Waals surface area contributed by atoms with Gasteiger partial charge in [-0.15, -0.1) is 0 Å². The van der Waals surface area contributed by atoms with Crippen LogP contribution in [0.5, 0.6) is 5.75 Å². The van der Waals surface area contributed by atoms with Gasteiger partial charge in [0.1, 0.15) is 17.4 Å². The molecule has 0 spiro atoms. The number of rotatable bonds is 4. The average molecular weight is 275 g/mol. The summed E-state index contributed by atoms with van der Waals surface area (Å²) in [5, 5.41) is 7.28. The lowest BCUT2D eigenvalue weighted by atomic mass is 10.2. The Balaban J connectivity index is 2.84. The molecule has 1 aromatic carbocycles. The Kier molecular flexibility index (Phi) is 4.08. The van der Waals surface area contributed by atoms with Crippen molar-refractivity contribution in [2.24, 2.45) is 5.73 Å². The van der Waals surface area contributed by atoms with Crippen LogP contribution < -0.4 is 10.5 Å². The van der Waals surface area contributed by atoms with Crippen LogP contribution in [0.4, 0.5) is 4.39 Å². The Hall–Kier alpha value is -1.10. The van der Waals surface area contributed by atoms with Crippen LogP contribution in [0.25, 0.3) is 0 Å². The molecule has 1 unspecified atom stereocenters. The molecule has 0 heterocycles. The summed E-state index contributed by atoms with van der Waals surface area (Å²) >= 11 is 3.18. The van der Waals surface area contributed by atoms with Crippen molar-refractivity contribution in [3.63, 3.8) is 0 Å². The van der Waals surface area contributed by atoms with Crippen molar-refractivity contribution in [1.82, 2.24) is 0 Å². The molecule has 1 atom stereocenters. The van der Waals surface area contributed by atoms with Gasteiger partial charge in [-0.25, -0.2) is 4.39 Å². The highest BCUT2D eigenvalue weighted by molar-refractivity contribution is 9.10. The molecule has 3 nitrogen and oxygen atoms in total. The van der Waals surface area contributed by atoms with Crippen LogP contribution in [0.3, 0.4) is 0 Å². The number of nitrogens with two attached hydrogens (primary N) is 1. The van der Waals surface area contributed by atoms with Gasteiger partial charge >= 0.3 is 0 Å². The second-order valence-corrected chi connectivity index (χ2v) is 3.90. The third-order valence-electron chi connectivity index (χ3n) is 1.88. The van der Waals surface area contributed by atoms with Gasteiger partial charge in [-0.1, -0.05) is 6.92 Å². The van der Waals surface area contributed by atoms with Gasteiger partial charge in [0.05, 0.1) is 4.47 Å². The molecule has 0 fully saturated rings. The van der Waals surface area contributed by atoms with Crippen LogP contribution in [0.2, 0.25) is 0 Å². The molecule has 0 aliphatic rings. The normalized spacial score (nSPS) is 12.2. The summed E-state index contributed by atoms with van der Waals surface area (Å²) in [7, 11) is 0. The quantitative estimate of drug-likeness (QED) is 0.655. The van der Waals surface area contributed by atoms with E-state index >= 15 is 0 Å². The van der Waals surface area contributed by atoms with Crippen molar-refractivity contribution < 1.29 is 9.13 Å². The molecule has 0 bridgehead atoms. The lowest BCUT2D eigenvalue weighted by Gasteiger charge is -2.16. The van der Waals surface area contributed by atoms with E-state index in [1.165, 1.54) is 18.2 Å². The fraction of sp³-hybridized carbons (Fsp3) is 0.300. The van der Waals surface area contributed by atoms with E-state index in [0.29, 0.717) is 16.6 Å². The van der Waals surface area contributed by atoms with Gasteiger partial charge in [-0.3, -0.25) is 5.41 Å². The maximum absolute atomic E-state index is 12.8. The molecule has 1 aromatic rings. The minimum absolute atomic E-state index is 0.0336. The third-order valence-corrected chi connectivity index (χ3v) is 2.50. The largest absolute Gasteiger partial charge is 0.481 e. The smallest absolute Gasteiger partial charge is 0.155 e. The lowest BCUT2D eigenvalue weighted by molar-refractivity contribution is 0.258. The van der Waals surface area contributed by atoms with E-state index in [2.05, 4.69) is 15.9 Å². The first kappa shape index (κ1) is 12.0. The number of halogens is 2. The maximum atomic E-state index is 12.8. The summed E-state index contributed by atoms with van der Waals surface area (Å²) in [5.74, 6) is 0.109. The maximum Gasteiger partial charge on any atom is 0.155 e. The second-order valence-electron chi connectivity index (χ2n) is 3.04. The monoisotopic (exact) mass is 274 g/mol. The molecule has 5 heteroatoms. The van der Waals surface area contributed by atoms with Gasteiger partial charge in [0, 0.05) is 0 Å². The Morgan fingerprint density at radius 3 is 2.80 bits per heavy atom. The van der Waals surface area contributed by atoms with Crippen LogP contribution in [0, 0.1) is 11.2 Å². The molecule has 82 valence electrons. The Morgan fingerprint density at radius 1 is 1.67 bits per heavy atom. The van der Waals surface area contributed by atoms with Crippen molar-refractivity contribution in [3.05, 3.63) is 28.5 Å². The number of nitrogens with one attached hydrogen (secondary N) is 1. The molecule has 0 aliphatic carbocycles. The van der Waals surface area contributed by atoms with E-state index in [1.54, 1.807) is 0 Å². The van der Waals surface area contributed by atoms with Crippen LogP contribution in [-0.2, 0) is 0 Å². The number of amidine groups is 1. The zero-order valence-corrected chi connectivity index (χ0v) is 9.84. The van der Waals surface area contributed by atoms with E-state index in [4.69, 9.17) is 15.9 Å². The SMILES string of the molecule is CCC(Oc1ccc(F)cc1Br)C(=N)N. The average Bonchev–Trinajstić information content (AvgIpc) is 2.16. The van der Waals surface area contributed by atoms with Crippen LogP contribution in [0.15, 0.2) is 22.7 Å². The van der Waals surface area contributed by atoms with Gasteiger partial charge < -0.3 is 10.5 Å². The van der Waals surface area contributed by atoms with Crippen molar-refractivity contribution >= 4 is 21.8 Å². The van der Waals surface area contributed by atoms with E-state index in [-0.39, 0.29) is 11.7 Å². The Bertz CT molecular complexity index is 370. The molecule has 0 aromatic heterocycles. The zero-order chi connectivity index (χ0) is 11.4. The van der Waals surface area contributed by atoms with E-state index in [0.717, 1.165) is 0 Å². The van der Waals surface area contributed by atoms with Crippen molar-refractivity contribution in [2.75, 3.05) is 0 Å². The highest BCUT2D eigenvalue weighted by Crippen LogP contribution is 2.26. The molecular formula is C10H12BrFN2O. The molecular weight excluding hydrogens is 263 g/mol. The van der Waals surface area contributed by atoms with Crippen molar-refractivity contribution in [3.8, 4) is 5.75 Å². The summed E-state index contributed by atoms with van der Waals surface area (Å²) in [4.78, 5) is 0. The third kappa shape index (κ3) is 3.20. The first-order valence-corrected chi connectivity index (χ1v) is 5.29. The van der Waals surface area contributed by atoms with Gasteiger partial charge in [0.15, 0.2) is 6.10 Å². The second kappa shape index (κ2) is 5.11. The van der Waals surface area contributed by atoms with E-state index < -0.39 is 6.10 Å². The van der Waals surface area contributed by atoms with Crippen LogP contribution >= 0.6 is 15.9 Å². The highest BCUT2D eigenvalue weighted by atomic mass is 79.9. The topological polar surface area (TPSA) is 59.1 Å². The number of hydrogen-bond acceptors (Lipinski definition) is 2. The standard InChI is InChI=1S/C10H12BrFN2O/c1-2-8(10(13)14)15-9-4-3-6(12)5-7(9)11/h3-5,8H,2H2,1H3,(H3,13,14). The van der Waals surface area contributed by atoms with Crippen LogP contribution in [-0.4, -0.2) is 11.9 Å². The predicted octanol–water partition coefficient (Wildman–Crippen LogP) is 2.68. The van der Waals surface area contributed by atoms with E-state index in [1.807, 2.05) is 6.92 Å². The molecule has 0 saturated heterocycles. The Labute approximate surface area is 96.1 Å². The van der Waals surface area contributed by atoms with Gasteiger partial charge in [-0.2, -0.15) is 0 Å². The predicted molar refractivity (Wildman–Crippen MR) is 60.7 cm³/mol. The fourth-order valence-electron chi connectivity index (χ4n) is 1.09. The van der Waals surface area contributed by atoms with Gasteiger partial charge in [0.2, 0.25) is 0 Å². The molecule has 15 heavy (non-hydrogen) atoms. The molecule has 0 amide bonds. The zero-order valence-electron chi connectivity index (χ0n) is 8.26. The number of benzene rings is 1. The Morgan fingerprint density at radius 2 is 2.33 bits per heavy atom. The molecule has 0 saturated carbocycles. The molecule has 1 rings (SSSR count). The van der Waals surface area contributed by atoms with Gasteiger partial charge in [-0.05, 0) is 40.5 Å². The summed E-state index contributed by atoms with van der Waals surface area (Å²) in [6.45, 7) is 1.86. The van der Waals surface area contributed by atoms with Crippen LogP contribution in [0.1, 0.15) is 13.3 Å². The summed E-state index contributed by atoms with van der Waals surface area (Å²) < 4.78 is 18.7. The minimum Gasteiger partial charge on any atom is -0.481 e. The first-order valence-electron chi connectivity index (χ1n) is 4.50. The number of ether oxygens (including phenoxy) is 1. The number of hydrogen-bond donors (Lipinski definition) is 2. The summed E-state index contributed by atoms with van der Waals surface area (Å²) in [6.07, 6.45) is 0.130. The fourth-order valence-corrected chi connectivity index (χ4v) is 1.54. The minimum atomic E-state index is -0.466. The highest BCUT2D eigenvalue weighted by Gasteiger charge is 2.13. The van der Waals surface area contributed by atoms with E-state index in [9.17, 15) is 4.39 Å². The van der Waals surface area contributed by atoms with Gasteiger partial charge in [0.25, 0.3) is 0 Å². The lowest BCUT2D eigenvalue weighted by Crippen LogP contribution is -2.32. The molecule has 0 radical (unpaired) electrons. The summed E-state index contributed by atoms with van der Waals surface area (Å²) in [5.41, 5.74) is 5.34. The summed E-state index contributed by atoms with van der Waals surface area (Å²) in [6, 6.07) is 4.11. The molecule has 3 N–H and O–H groups in total. The van der Waals surface area contributed by atoms with Crippen molar-refractivity contribution in [1.29, 1.82) is 5.41 Å². The first-order chi connectivity index (χ1) is 7.04. The van der Waals surface area contributed by atoms with Crippen molar-refractivity contribution in [2.45, 2.75) is 19.4 Å².